The molecule has 110 valence electrons. The fraction of sp³-hybridized carbons (Fsp3) is 0.750. The van der Waals surface area contributed by atoms with Gasteiger partial charge in [0.1, 0.15) is 0 Å². The Kier molecular flexibility index (Phi) is 8.32. The van der Waals surface area contributed by atoms with Gasteiger partial charge in [0.15, 0.2) is 0 Å². The predicted molar refractivity (Wildman–Crippen MR) is 70.7 cm³/mol. The van der Waals surface area contributed by atoms with E-state index in [2.05, 4.69) is 16.0 Å². The number of hydrogen-bond acceptors (Lipinski definition) is 3. The lowest BCUT2D eigenvalue weighted by atomic mass is 10.0. The van der Waals surface area contributed by atoms with Crippen molar-refractivity contribution >= 4 is 17.9 Å². The summed E-state index contributed by atoms with van der Waals surface area (Å²) in [4.78, 5) is 33.4. The van der Waals surface area contributed by atoms with Gasteiger partial charge in [0.25, 0.3) is 0 Å². The van der Waals surface area contributed by atoms with Crippen LogP contribution in [0.2, 0.25) is 0 Å². The number of rotatable bonds is 8. The molecule has 0 fully saturated rings. The quantitative estimate of drug-likeness (QED) is 0.510. The predicted octanol–water partition coefficient (Wildman–Crippen LogP) is 0.311. The molecule has 0 saturated carbocycles. The third-order valence-electron chi connectivity index (χ3n) is 2.50. The lowest BCUT2D eigenvalue weighted by Gasteiger charge is -2.20. The third kappa shape index (κ3) is 8.87. The highest BCUT2D eigenvalue weighted by Crippen LogP contribution is 2.05. The van der Waals surface area contributed by atoms with E-state index >= 15 is 0 Å². The zero-order valence-corrected chi connectivity index (χ0v) is 11.7. The fourth-order valence-electron chi connectivity index (χ4n) is 1.35. The number of carbonyl (C=O) groups is 3. The highest BCUT2D eigenvalue weighted by Gasteiger charge is 2.19. The Morgan fingerprint density at radius 1 is 1.16 bits per heavy atom. The van der Waals surface area contributed by atoms with Gasteiger partial charge in [-0.2, -0.15) is 0 Å². The number of amides is 3. The van der Waals surface area contributed by atoms with Gasteiger partial charge < -0.3 is 21.1 Å². The number of urea groups is 1. The van der Waals surface area contributed by atoms with E-state index in [1.165, 1.54) is 0 Å². The van der Waals surface area contributed by atoms with Gasteiger partial charge in [0, 0.05) is 12.6 Å². The minimum atomic E-state index is -0.973. The van der Waals surface area contributed by atoms with Gasteiger partial charge in [-0.25, -0.2) is 4.79 Å². The summed E-state index contributed by atoms with van der Waals surface area (Å²) in [5, 5.41) is 16.3. The summed E-state index contributed by atoms with van der Waals surface area (Å²) in [6.07, 6.45) is 0.680. The van der Waals surface area contributed by atoms with Gasteiger partial charge >= 0.3 is 12.0 Å². The van der Waals surface area contributed by atoms with E-state index in [4.69, 9.17) is 5.11 Å². The van der Waals surface area contributed by atoms with Crippen molar-refractivity contribution < 1.29 is 19.5 Å². The summed E-state index contributed by atoms with van der Waals surface area (Å²) < 4.78 is 0. The normalized spacial score (nSPS) is 11.8. The molecular formula is C12H23N3O4. The van der Waals surface area contributed by atoms with Crippen molar-refractivity contribution in [1.29, 1.82) is 0 Å². The minimum Gasteiger partial charge on any atom is -0.481 e. The largest absolute Gasteiger partial charge is 0.481 e. The molecule has 0 spiro atoms. The minimum absolute atomic E-state index is 0.00392. The van der Waals surface area contributed by atoms with Crippen molar-refractivity contribution in [2.45, 2.75) is 39.7 Å². The zero-order chi connectivity index (χ0) is 14.8. The maximum Gasteiger partial charge on any atom is 0.315 e. The SMILES string of the molecule is CCCNC(=O)CNC(=O)NC(CC(=O)O)C(C)C. The summed E-state index contributed by atoms with van der Waals surface area (Å²) in [7, 11) is 0. The molecule has 0 heterocycles. The molecule has 7 heteroatoms. The number of nitrogens with one attached hydrogen (secondary N) is 3. The topological polar surface area (TPSA) is 108 Å². The Bertz CT molecular complexity index is 318. The van der Waals surface area contributed by atoms with Gasteiger partial charge in [-0.1, -0.05) is 20.8 Å². The Hall–Kier alpha value is -1.79. The van der Waals surface area contributed by atoms with Crippen LogP contribution in [-0.2, 0) is 9.59 Å². The summed E-state index contributed by atoms with van der Waals surface area (Å²) in [6.45, 7) is 6.02. The highest BCUT2D eigenvalue weighted by molar-refractivity contribution is 5.84. The molecule has 0 aromatic carbocycles. The average Bonchev–Trinajstić information content (AvgIpc) is 2.32. The van der Waals surface area contributed by atoms with Crippen molar-refractivity contribution in [1.82, 2.24) is 16.0 Å². The molecule has 0 saturated heterocycles. The van der Waals surface area contributed by atoms with E-state index in [0.717, 1.165) is 6.42 Å². The molecule has 0 aromatic rings. The van der Waals surface area contributed by atoms with E-state index in [-0.39, 0.29) is 24.8 Å². The molecule has 4 N–H and O–H groups in total. The first-order valence-electron chi connectivity index (χ1n) is 6.39. The highest BCUT2D eigenvalue weighted by atomic mass is 16.4. The van der Waals surface area contributed by atoms with Crippen LogP contribution in [0.1, 0.15) is 33.6 Å². The number of carbonyl (C=O) groups excluding carboxylic acids is 2. The number of carboxylic acids is 1. The van der Waals surface area contributed by atoms with Crippen LogP contribution in [0, 0.1) is 5.92 Å². The van der Waals surface area contributed by atoms with Crippen LogP contribution in [0.4, 0.5) is 4.79 Å². The van der Waals surface area contributed by atoms with Gasteiger partial charge in [-0.3, -0.25) is 9.59 Å². The average molecular weight is 273 g/mol. The van der Waals surface area contributed by atoms with E-state index in [1.807, 2.05) is 20.8 Å². The molecule has 1 atom stereocenters. The van der Waals surface area contributed by atoms with Crippen molar-refractivity contribution in [2.24, 2.45) is 5.92 Å². The van der Waals surface area contributed by atoms with Gasteiger partial charge in [0.05, 0.1) is 13.0 Å². The maximum atomic E-state index is 11.5. The maximum absolute atomic E-state index is 11.5. The summed E-state index contributed by atoms with van der Waals surface area (Å²) in [6, 6.07) is -0.997. The van der Waals surface area contributed by atoms with Gasteiger partial charge in [0.2, 0.25) is 5.91 Å². The van der Waals surface area contributed by atoms with Crippen LogP contribution >= 0.6 is 0 Å². The Morgan fingerprint density at radius 3 is 2.26 bits per heavy atom. The molecule has 3 amide bonds. The molecule has 0 rings (SSSR count). The van der Waals surface area contributed by atoms with Crippen LogP contribution in [0.25, 0.3) is 0 Å². The molecule has 1 unspecified atom stereocenters. The molecule has 7 nitrogen and oxygen atoms in total. The molecule has 0 bridgehead atoms. The van der Waals surface area contributed by atoms with Crippen LogP contribution in [-0.4, -0.2) is 42.1 Å². The second kappa shape index (κ2) is 9.18. The lowest BCUT2D eigenvalue weighted by molar-refractivity contribution is -0.137. The standard InChI is InChI=1S/C12H23N3O4/c1-4-5-13-10(16)7-14-12(19)15-9(8(2)3)6-11(17)18/h8-9H,4-7H2,1-3H3,(H,13,16)(H,17,18)(H2,14,15,19). The van der Waals surface area contributed by atoms with Crippen LogP contribution in [0.5, 0.6) is 0 Å². The first-order chi connectivity index (χ1) is 8.86. The second-order valence-corrected chi connectivity index (χ2v) is 4.63. The molecule has 19 heavy (non-hydrogen) atoms. The van der Waals surface area contributed by atoms with Crippen LogP contribution < -0.4 is 16.0 Å². The van der Waals surface area contributed by atoms with E-state index in [9.17, 15) is 14.4 Å². The van der Waals surface area contributed by atoms with E-state index in [1.54, 1.807) is 0 Å². The molecule has 0 aliphatic heterocycles. The number of carboxylic acid groups (broad SMARTS) is 1. The van der Waals surface area contributed by atoms with Crippen LogP contribution in [0.15, 0.2) is 0 Å². The zero-order valence-electron chi connectivity index (χ0n) is 11.7. The summed E-state index contributed by atoms with van der Waals surface area (Å²) in [5.41, 5.74) is 0. The fourth-order valence-corrected chi connectivity index (χ4v) is 1.35. The third-order valence-corrected chi connectivity index (χ3v) is 2.50. The van der Waals surface area contributed by atoms with E-state index < -0.39 is 18.0 Å². The van der Waals surface area contributed by atoms with Crippen molar-refractivity contribution in [2.75, 3.05) is 13.1 Å². The Labute approximate surface area is 113 Å². The Balaban J connectivity index is 4.06. The lowest BCUT2D eigenvalue weighted by Crippen LogP contribution is -2.48. The van der Waals surface area contributed by atoms with Crippen LogP contribution in [0.3, 0.4) is 0 Å². The first kappa shape index (κ1) is 17.2. The molecule has 0 aliphatic rings. The smallest absolute Gasteiger partial charge is 0.315 e. The number of hydrogen-bond donors (Lipinski definition) is 4. The number of aliphatic carboxylic acids is 1. The molecular weight excluding hydrogens is 250 g/mol. The molecule has 0 radical (unpaired) electrons. The molecule has 0 aliphatic carbocycles. The van der Waals surface area contributed by atoms with Crippen molar-refractivity contribution in [3.05, 3.63) is 0 Å². The summed E-state index contributed by atoms with van der Waals surface area (Å²) in [5.74, 6) is -1.24. The monoisotopic (exact) mass is 273 g/mol. The van der Waals surface area contributed by atoms with Crippen molar-refractivity contribution in [3.8, 4) is 0 Å². The van der Waals surface area contributed by atoms with E-state index in [0.29, 0.717) is 6.54 Å². The Morgan fingerprint density at radius 2 is 1.79 bits per heavy atom. The molecule has 0 aromatic heterocycles. The first-order valence-corrected chi connectivity index (χ1v) is 6.39. The second-order valence-electron chi connectivity index (χ2n) is 4.63. The van der Waals surface area contributed by atoms with Gasteiger partial charge in [-0.05, 0) is 12.3 Å². The van der Waals surface area contributed by atoms with Crippen molar-refractivity contribution in [3.63, 3.8) is 0 Å². The summed E-state index contributed by atoms with van der Waals surface area (Å²) >= 11 is 0. The van der Waals surface area contributed by atoms with Gasteiger partial charge in [-0.15, -0.1) is 0 Å².